The second kappa shape index (κ2) is 11.8. The van der Waals surface area contributed by atoms with Gasteiger partial charge in [0.15, 0.2) is 0 Å². The van der Waals surface area contributed by atoms with Gasteiger partial charge in [0, 0.05) is 43.2 Å². The summed E-state index contributed by atoms with van der Waals surface area (Å²) < 4.78 is 5.83. The lowest BCUT2D eigenvalue weighted by molar-refractivity contribution is -0.122. The Kier molecular flexibility index (Phi) is 8.32. The van der Waals surface area contributed by atoms with Crippen LogP contribution >= 0.6 is 11.8 Å². The van der Waals surface area contributed by atoms with Gasteiger partial charge in [0.05, 0.1) is 11.5 Å². The van der Waals surface area contributed by atoms with E-state index in [1.165, 1.54) is 10.5 Å². The van der Waals surface area contributed by atoms with Crippen LogP contribution in [-0.2, 0) is 30.5 Å². The van der Waals surface area contributed by atoms with E-state index in [9.17, 15) is 9.59 Å². The lowest BCUT2D eigenvalue weighted by Crippen LogP contribution is -2.30. The maximum Gasteiger partial charge on any atom is 0.293 e. The van der Waals surface area contributed by atoms with Crippen LogP contribution in [0, 0.1) is 0 Å². The zero-order valence-electron chi connectivity index (χ0n) is 20.1. The van der Waals surface area contributed by atoms with Crippen molar-refractivity contribution in [1.29, 1.82) is 0 Å². The molecule has 1 aromatic carbocycles. The summed E-state index contributed by atoms with van der Waals surface area (Å²) in [5, 5.41) is -0.244. The summed E-state index contributed by atoms with van der Waals surface area (Å²) >= 11 is 0.976. The molecule has 1 aliphatic rings. The highest BCUT2D eigenvalue weighted by Crippen LogP contribution is 2.32. The van der Waals surface area contributed by atoms with Gasteiger partial charge in [-0.3, -0.25) is 24.5 Å². The van der Waals surface area contributed by atoms with Gasteiger partial charge < -0.3 is 4.74 Å². The van der Waals surface area contributed by atoms with Crippen molar-refractivity contribution in [3.05, 3.63) is 93.9 Å². The van der Waals surface area contributed by atoms with E-state index in [-0.39, 0.29) is 11.1 Å². The van der Waals surface area contributed by atoms with Crippen LogP contribution in [0.3, 0.4) is 0 Å². The Labute approximate surface area is 210 Å². The number of benzene rings is 1. The second-order valence-electron chi connectivity index (χ2n) is 8.27. The highest BCUT2D eigenvalue weighted by atomic mass is 32.2. The maximum absolute atomic E-state index is 12.8. The van der Waals surface area contributed by atoms with E-state index in [0.29, 0.717) is 24.5 Å². The van der Waals surface area contributed by atoms with Crippen molar-refractivity contribution in [2.45, 2.75) is 39.5 Å². The molecule has 1 aliphatic heterocycles. The summed E-state index contributed by atoms with van der Waals surface area (Å²) in [5.74, 6) is 0.495. The molecule has 0 radical (unpaired) electrons. The van der Waals surface area contributed by atoms with E-state index in [1.54, 1.807) is 6.08 Å². The van der Waals surface area contributed by atoms with E-state index in [2.05, 4.69) is 29.9 Å². The Hall–Kier alpha value is -3.45. The van der Waals surface area contributed by atoms with Gasteiger partial charge in [0.2, 0.25) is 0 Å². The predicted molar refractivity (Wildman–Crippen MR) is 139 cm³/mol. The lowest BCUT2D eigenvalue weighted by atomic mass is 10.2. The molecule has 0 bridgehead atoms. The third-order valence-electron chi connectivity index (χ3n) is 5.86. The molecule has 3 heterocycles. The first-order chi connectivity index (χ1) is 17.1. The van der Waals surface area contributed by atoms with E-state index in [4.69, 9.17) is 4.74 Å². The minimum Gasteiger partial charge on any atom is -0.493 e. The van der Waals surface area contributed by atoms with Crippen LogP contribution in [-0.4, -0.2) is 39.2 Å². The molecule has 4 rings (SSSR count). The molecule has 0 unspecified atom stereocenters. The van der Waals surface area contributed by atoms with Crippen LogP contribution in [0.4, 0.5) is 4.79 Å². The summed E-state index contributed by atoms with van der Waals surface area (Å²) in [6, 6.07) is 15.6. The van der Waals surface area contributed by atoms with Crippen molar-refractivity contribution in [2.24, 2.45) is 0 Å². The number of aryl methyl sites for hydroxylation is 2. The summed E-state index contributed by atoms with van der Waals surface area (Å²) in [4.78, 5) is 35.8. The minimum absolute atomic E-state index is 0.244. The molecule has 0 spiro atoms. The lowest BCUT2D eigenvalue weighted by Gasteiger charge is -2.12. The SMILES string of the molecule is CCc1ccc(CCOc2ccc(/C=C3\SC(=O)N(CCc4ccc(CC)cn4)C3=O)cc2)nc1. The third kappa shape index (κ3) is 6.57. The topological polar surface area (TPSA) is 72.4 Å². The highest BCUT2D eigenvalue weighted by Gasteiger charge is 2.34. The molecule has 0 aliphatic carbocycles. The van der Waals surface area contributed by atoms with Crippen LogP contribution < -0.4 is 4.74 Å². The number of nitrogens with zero attached hydrogens (tertiary/aromatic N) is 3. The van der Waals surface area contributed by atoms with Gasteiger partial charge in [-0.1, -0.05) is 38.1 Å². The van der Waals surface area contributed by atoms with Gasteiger partial charge in [0.1, 0.15) is 5.75 Å². The van der Waals surface area contributed by atoms with Crippen molar-refractivity contribution in [3.8, 4) is 5.75 Å². The number of hydrogen-bond donors (Lipinski definition) is 0. The first-order valence-corrected chi connectivity index (χ1v) is 12.7. The first-order valence-electron chi connectivity index (χ1n) is 11.9. The zero-order valence-corrected chi connectivity index (χ0v) is 20.9. The van der Waals surface area contributed by atoms with Gasteiger partial charge >= 0.3 is 0 Å². The molecule has 2 amide bonds. The molecule has 0 saturated carbocycles. The Balaban J connectivity index is 1.29. The van der Waals surface area contributed by atoms with Gasteiger partial charge in [-0.05, 0) is 71.6 Å². The molecule has 1 saturated heterocycles. The van der Waals surface area contributed by atoms with Crippen molar-refractivity contribution >= 4 is 29.0 Å². The van der Waals surface area contributed by atoms with Crippen molar-refractivity contribution in [2.75, 3.05) is 13.2 Å². The number of imide groups is 1. The largest absolute Gasteiger partial charge is 0.493 e. The van der Waals surface area contributed by atoms with E-state index >= 15 is 0 Å². The molecule has 6 nitrogen and oxygen atoms in total. The molecule has 2 aromatic heterocycles. The van der Waals surface area contributed by atoms with E-state index in [1.807, 2.05) is 54.9 Å². The number of hydrogen-bond acceptors (Lipinski definition) is 6. The highest BCUT2D eigenvalue weighted by molar-refractivity contribution is 8.18. The Morgan fingerprint density at radius 2 is 1.49 bits per heavy atom. The van der Waals surface area contributed by atoms with Crippen LogP contribution in [0.1, 0.15) is 41.9 Å². The van der Waals surface area contributed by atoms with Gasteiger partial charge in [0.25, 0.3) is 11.1 Å². The molecule has 0 N–H and O–H groups in total. The van der Waals surface area contributed by atoms with Gasteiger partial charge in [-0.25, -0.2) is 0 Å². The maximum atomic E-state index is 12.8. The fourth-order valence-corrected chi connectivity index (χ4v) is 4.49. The van der Waals surface area contributed by atoms with E-state index in [0.717, 1.165) is 59.3 Å². The molecule has 1 fully saturated rings. The number of ether oxygens (including phenoxy) is 1. The Bertz CT molecular complexity index is 1190. The third-order valence-corrected chi connectivity index (χ3v) is 6.77. The summed E-state index contributed by atoms with van der Waals surface area (Å²) in [5.41, 5.74) is 5.11. The van der Waals surface area contributed by atoms with Crippen LogP contribution in [0.25, 0.3) is 6.08 Å². The average molecular weight is 488 g/mol. The Morgan fingerprint density at radius 1 is 0.857 bits per heavy atom. The van der Waals surface area contributed by atoms with E-state index < -0.39 is 0 Å². The molecule has 35 heavy (non-hydrogen) atoms. The molecular formula is C28H29N3O3S. The summed E-state index contributed by atoms with van der Waals surface area (Å²) in [6.45, 7) is 5.05. The van der Waals surface area contributed by atoms with Crippen LogP contribution in [0.2, 0.25) is 0 Å². The Morgan fingerprint density at radius 3 is 2.06 bits per heavy atom. The zero-order chi connectivity index (χ0) is 24.6. The molecular weight excluding hydrogens is 458 g/mol. The van der Waals surface area contributed by atoms with Gasteiger partial charge in [-0.2, -0.15) is 0 Å². The monoisotopic (exact) mass is 487 g/mol. The molecule has 7 heteroatoms. The fourth-order valence-electron chi connectivity index (χ4n) is 3.63. The number of amides is 2. The minimum atomic E-state index is -0.257. The quantitative estimate of drug-likeness (QED) is 0.352. The van der Waals surface area contributed by atoms with Crippen molar-refractivity contribution in [3.63, 3.8) is 0 Å². The predicted octanol–water partition coefficient (Wildman–Crippen LogP) is 5.50. The standard InChI is InChI=1S/C28H29N3O3S/c1-3-20-5-9-23(29-18-20)13-15-31-27(32)26(35-28(31)33)17-22-7-11-25(12-8-22)34-16-14-24-10-6-21(4-2)19-30-24/h5-12,17-19H,3-4,13-16H2,1-2H3/b26-17-. The molecule has 3 aromatic rings. The average Bonchev–Trinajstić information content (AvgIpc) is 3.16. The fraction of sp³-hybridized carbons (Fsp3) is 0.286. The number of carbonyl (C=O) groups excluding carboxylic acids is 2. The van der Waals surface area contributed by atoms with Crippen molar-refractivity contribution in [1.82, 2.24) is 14.9 Å². The number of pyridine rings is 2. The number of rotatable bonds is 10. The van der Waals surface area contributed by atoms with Gasteiger partial charge in [-0.15, -0.1) is 0 Å². The normalized spacial score (nSPS) is 14.7. The molecule has 180 valence electrons. The number of carbonyl (C=O) groups is 2. The van der Waals surface area contributed by atoms with Crippen LogP contribution in [0.5, 0.6) is 5.75 Å². The second-order valence-corrected chi connectivity index (χ2v) is 9.27. The molecule has 0 atom stereocenters. The number of aromatic nitrogens is 2. The summed E-state index contributed by atoms with van der Waals surface area (Å²) in [6.07, 6.45) is 8.69. The first kappa shape index (κ1) is 24.7. The smallest absolute Gasteiger partial charge is 0.293 e. The van der Waals surface area contributed by atoms with Crippen molar-refractivity contribution < 1.29 is 14.3 Å². The summed E-state index contributed by atoms with van der Waals surface area (Å²) in [7, 11) is 0. The van der Waals surface area contributed by atoms with Crippen LogP contribution in [0.15, 0.2) is 65.8 Å². The number of thioether (sulfide) groups is 1.